The number of hydrogen-bond acceptors (Lipinski definition) is 6. The molecule has 9 heteroatoms. The van der Waals surface area contributed by atoms with Gasteiger partial charge in [0.25, 0.3) is 0 Å². The molecule has 0 unspecified atom stereocenters. The molecular weight excluding hydrogens is 615 g/mol. The van der Waals surface area contributed by atoms with E-state index in [0.717, 1.165) is 75.5 Å². The lowest BCUT2D eigenvalue weighted by Gasteiger charge is -2.34. The standard InChI is InChI=1S/C30H35ClFN3O3.C4H9N.C2H6.C2H2/c1-3-13-35(28-18-23(30(36)37)8-7-21(28)2)17-16-34-14-11-22(12-15-34)27-5-4-6-29(33-27)38-20-24-9-10-25(31)19-26(24)32;1-3-5-4-2;2*1-2/h4-10,18-19,22H,3,11-17,20H2,1-2H3,(H,36,37);3,5H,1,4H2,2H3;1-2H3;1-2H. The molecule has 0 radical (unpaired) electrons. The fraction of sp³-hybridized carbons (Fsp3) is 0.421. The second kappa shape index (κ2) is 23.3. The van der Waals surface area contributed by atoms with Crippen molar-refractivity contribution in [3.8, 4) is 18.7 Å². The molecule has 1 aromatic heterocycles. The molecule has 2 heterocycles. The number of ether oxygens (including phenoxy) is 1. The summed E-state index contributed by atoms with van der Waals surface area (Å²) in [5.74, 6) is -0.440. The number of piperidine rings is 1. The van der Waals surface area contributed by atoms with Crippen LogP contribution in [0, 0.1) is 25.6 Å². The lowest BCUT2D eigenvalue weighted by atomic mass is 9.93. The number of rotatable bonds is 13. The minimum absolute atomic E-state index is 0.0982. The molecular formula is C38H52ClFN4O3. The Labute approximate surface area is 286 Å². The van der Waals surface area contributed by atoms with E-state index in [9.17, 15) is 14.3 Å². The van der Waals surface area contributed by atoms with Gasteiger partial charge in [-0.15, -0.1) is 12.8 Å². The Bertz CT molecular complexity index is 1380. The van der Waals surface area contributed by atoms with E-state index in [-0.39, 0.29) is 12.4 Å². The molecule has 1 aliphatic heterocycles. The Kier molecular flexibility index (Phi) is 20.3. The van der Waals surface area contributed by atoms with E-state index in [1.165, 1.54) is 6.07 Å². The average molecular weight is 667 g/mol. The van der Waals surface area contributed by atoms with Crippen molar-refractivity contribution in [1.82, 2.24) is 15.2 Å². The number of hydrogen-bond donors (Lipinski definition) is 2. The Morgan fingerprint density at radius 2 is 1.85 bits per heavy atom. The average Bonchev–Trinajstić information content (AvgIpc) is 3.09. The van der Waals surface area contributed by atoms with Gasteiger partial charge in [0.05, 0.1) is 5.56 Å². The van der Waals surface area contributed by atoms with E-state index in [4.69, 9.17) is 21.3 Å². The number of anilines is 1. The van der Waals surface area contributed by atoms with E-state index in [2.05, 4.69) is 41.5 Å². The molecule has 0 amide bonds. The number of benzene rings is 2. The summed E-state index contributed by atoms with van der Waals surface area (Å²) in [6.45, 7) is 19.3. The first-order valence-electron chi connectivity index (χ1n) is 16.3. The Hall–Kier alpha value is -4.06. The molecule has 1 aliphatic rings. The highest BCUT2D eigenvalue weighted by molar-refractivity contribution is 6.30. The van der Waals surface area contributed by atoms with Crippen molar-refractivity contribution in [1.29, 1.82) is 0 Å². The predicted molar refractivity (Wildman–Crippen MR) is 194 cm³/mol. The van der Waals surface area contributed by atoms with Crippen molar-refractivity contribution < 1.29 is 19.0 Å². The smallest absolute Gasteiger partial charge is 0.335 e. The molecule has 47 heavy (non-hydrogen) atoms. The second-order valence-corrected chi connectivity index (χ2v) is 11.0. The maximum Gasteiger partial charge on any atom is 0.335 e. The van der Waals surface area contributed by atoms with Crippen LogP contribution in [0.2, 0.25) is 5.02 Å². The van der Waals surface area contributed by atoms with Gasteiger partial charge in [0.2, 0.25) is 5.88 Å². The van der Waals surface area contributed by atoms with Crippen molar-refractivity contribution in [3.63, 3.8) is 0 Å². The van der Waals surface area contributed by atoms with Gasteiger partial charge in [-0.2, -0.15) is 0 Å². The number of aryl methyl sites for hydroxylation is 1. The summed E-state index contributed by atoms with van der Waals surface area (Å²) >= 11 is 5.83. The van der Waals surface area contributed by atoms with Crippen molar-refractivity contribution in [2.45, 2.75) is 66.4 Å². The molecule has 2 N–H and O–H groups in total. The molecule has 0 aliphatic carbocycles. The summed E-state index contributed by atoms with van der Waals surface area (Å²) < 4.78 is 19.8. The largest absolute Gasteiger partial charge is 0.478 e. The number of pyridine rings is 1. The SMILES string of the molecule is C#C.C=CNCC.CC.CCCN(CCN1CCC(c2cccc(OCc3ccc(Cl)cc3F)n2)CC1)c1cc(C(=O)O)ccc1C. The van der Waals surface area contributed by atoms with Crippen LogP contribution in [0.1, 0.15) is 80.1 Å². The minimum Gasteiger partial charge on any atom is -0.478 e. The summed E-state index contributed by atoms with van der Waals surface area (Å²) in [6, 6.07) is 15.7. The van der Waals surface area contributed by atoms with Crippen LogP contribution >= 0.6 is 11.6 Å². The van der Waals surface area contributed by atoms with Crippen LogP contribution in [-0.2, 0) is 6.61 Å². The Balaban J connectivity index is 0.00000110. The van der Waals surface area contributed by atoms with Gasteiger partial charge in [-0.25, -0.2) is 14.2 Å². The van der Waals surface area contributed by atoms with Gasteiger partial charge in [0, 0.05) is 60.1 Å². The highest BCUT2D eigenvalue weighted by Gasteiger charge is 2.23. The molecule has 1 fully saturated rings. The number of carboxylic acid groups (broad SMARTS) is 1. The zero-order chi connectivity index (χ0) is 35.2. The van der Waals surface area contributed by atoms with E-state index in [1.54, 1.807) is 36.5 Å². The lowest BCUT2D eigenvalue weighted by molar-refractivity contribution is 0.0697. The van der Waals surface area contributed by atoms with E-state index in [0.29, 0.717) is 27.9 Å². The monoisotopic (exact) mass is 666 g/mol. The van der Waals surface area contributed by atoms with Crippen LogP contribution in [-0.4, -0.2) is 60.2 Å². The summed E-state index contributed by atoms with van der Waals surface area (Å²) in [4.78, 5) is 21.0. The Morgan fingerprint density at radius 1 is 1.15 bits per heavy atom. The molecule has 0 atom stereocenters. The first-order chi connectivity index (χ1) is 22.7. The fourth-order valence-electron chi connectivity index (χ4n) is 5.09. The number of nitrogens with zero attached hydrogens (tertiary/aromatic N) is 3. The minimum atomic E-state index is -0.898. The van der Waals surface area contributed by atoms with Crippen LogP contribution in [0.5, 0.6) is 5.88 Å². The zero-order valence-electron chi connectivity index (χ0n) is 28.6. The Morgan fingerprint density at radius 3 is 2.43 bits per heavy atom. The molecule has 7 nitrogen and oxygen atoms in total. The van der Waals surface area contributed by atoms with Gasteiger partial charge in [-0.1, -0.05) is 57.2 Å². The third-order valence-corrected chi connectivity index (χ3v) is 7.70. The fourth-order valence-corrected chi connectivity index (χ4v) is 5.25. The van der Waals surface area contributed by atoms with E-state index in [1.807, 2.05) is 45.9 Å². The van der Waals surface area contributed by atoms with Crippen LogP contribution < -0.4 is 15.0 Å². The first kappa shape index (κ1) is 41.0. The van der Waals surface area contributed by atoms with Gasteiger partial charge in [0.1, 0.15) is 12.4 Å². The molecule has 0 saturated carbocycles. The molecule has 2 aromatic carbocycles. The van der Waals surface area contributed by atoms with Crippen LogP contribution in [0.3, 0.4) is 0 Å². The summed E-state index contributed by atoms with van der Waals surface area (Å²) in [7, 11) is 0. The number of nitrogens with one attached hydrogen (secondary N) is 1. The van der Waals surface area contributed by atoms with E-state index >= 15 is 0 Å². The molecule has 256 valence electrons. The number of halogens is 2. The quantitative estimate of drug-likeness (QED) is 0.177. The maximum absolute atomic E-state index is 14.1. The highest BCUT2D eigenvalue weighted by Crippen LogP contribution is 2.29. The van der Waals surface area contributed by atoms with Crippen molar-refractivity contribution in [2.75, 3.05) is 44.2 Å². The molecule has 3 aromatic rings. The van der Waals surface area contributed by atoms with Gasteiger partial charge in [-0.3, -0.25) is 0 Å². The third kappa shape index (κ3) is 14.1. The number of aromatic carboxylic acids is 1. The van der Waals surface area contributed by atoms with Gasteiger partial charge in [-0.05, 0) is 88.3 Å². The van der Waals surface area contributed by atoms with Crippen LogP contribution in [0.4, 0.5) is 10.1 Å². The summed E-state index contributed by atoms with van der Waals surface area (Å²) in [5, 5.41) is 12.7. The molecule has 1 saturated heterocycles. The number of aromatic nitrogens is 1. The highest BCUT2D eigenvalue weighted by atomic mass is 35.5. The predicted octanol–water partition coefficient (Wildman–Crippen LogP) is 8.57. The van der Waals surface area contributed by atoms with Gasteiger partial charge >= 0.3 is 5.97 Å². The number of likely N-dealkylation sites (tertiary alicyclic amines) is 1. The van der Waals surface area contributed by atoms with Crippen LogP contribution in [0.25, 0.3) is 0 Å². The molecule has 4 rings (SSSR count). The maximum atomic E-state index is 14.1. The third-order valence-electron chi connectivity index (χ3n) is 7.47. The summed E-state index contributed by atoms with van der Waals surface area (Å²) in [6.07, 6.45) is 12.7. The van der Waals surface area contributed by atoms with Crippen molar-refractivity contribution in [3.05, 3.63) is 101 Å². The number of terminal acetylenes is 1. The van der Waals surface area contributed by atoms with Crippen molar-refractivity contribution in [2.24, 2.45) is 0 Å². The molecule has 0 spiro atoms. The lowest BCUT2D eigenvalue weighted by Crippen LogP contribution is -2.40. The number of carbonyl (C=O) groups is 1. The normalized spacial score (nSPS) is 12.5. The van der Waals surface area contributed by atoms with Gasteiger partial charge in [0.15, 0.2) is 0 Å². The zero-order valence-corrected chi connectivity index (χ0v) is 29.4. The van der Waals surface area contributed by atoms with Crippen molar-refractivity contribution >= 4 is 23.3 Å². The topological polar surface area (TPSA) is 77.9 Å². The summed E-state index contributed by atoms with van der Waals surface area (Å²) in [5.41, 5.74) is 3.86. The van der Waals surface area contributed by atoms with E-state index < -0.39 is 5.97 Å². The van der Waals surface area contributed by atoms with Crippen LogP contribution in [0.15, 0.2) is 67.4 Å². The first-order valence-corrected chi connectivity index (χ1v) is 16.7. The second-order valence-electron chi connectivity index (χ2n) is 10.6. The molecule has 0 bridgehead atoms. The van der Waals surface area contributed by atoms with Gasteiger partial charge < -0.3 is 25.0 Å². The number of carboxylic acids is 1.